The zero-order valence-corrected chi connectivity index (χ0v) is 20.6. The van der Waals surface area contributed by atoms with Gasteiger partial charge in [0.05, 0.1) is 0 Å². The summed E-state index contributed by atoms with van der Waals surface area (Å²) in [5, 5.41) is 10.1. The minimum Gasteiger partial charge on any atom is -0.0616 e. The third-order valence-electron chi connectivity index (χ3n) is 7.08. The second kappa shape index (κ2) is 8.08. The summed E-state index contributed by atoms with van der Waals surface area (Å²) in [7, 11) is 0. The zero-order chi connectivity index (χ0) is 23.4. The number of benzene rings is 7. The first kappa shape index (κ1) is 20.4. The largest absolute Gasteiger partial charge is 0.0616 e. The Morgan fingerprint density at radius 3 is 1.83 bits per heavy atom. The van der Waals surface area contributed by atoms with Crippen molar-refractivity contribution in [3.05, 3.63) is 132 Å². The molecular weight excluding hydrogens is 488 g/mol. The van der Waals surface area contributed by atoms with Gasteiger partial charge in [-0.15, -0.1) is 0 Å². The fraction of sp³-hybridized carbons (Fsp3) is 0. The van der Waals surface area contributed by atoms with Crippen LogP contribution in [0, 0.1) is 0 Å². The highest BCUT2D eigenvalue weighted by atomic mass is 79.9. The molecule has 0 aliphatic heterocycles. The van der Waals surface area contributed by atoms with Crippen LogP contribution in [0.3, 0.4) is 0 Å². The Hall–Kier alpha value is -3.94. The molecule has 0 fully saturated rings. The van der Waals surface area contributed by atoms with Crippen molar-refractivity contribution in [3.63, 3.8) is 0 Å². The maximum absolute atomic E-state index is 3.76. The molecule has 0 nitrogen and oxygen atoms in total. The van der Waals surface area contributed by atoms with Crippen LogP contribution >= 0.6 is 15.9 Å². The van der Waals surface area contributed by atoms with Crippen LogP contribution in [0.5, 0.6) is 0 Å². The molecule has 7 aromatic rings. The molecule has 0 aliphatic rings. The maximum atomic E-state index is 3.76. The molecule has 7 rings (SSSR count). The van der Waals surface area contributed by atoms with E-state index in [-0.39, 0.29) is 0 Å². The van der Waals surface area contributed by atoms with Crippen LogP contribution in [0.1, 0.15) is 0 Å². The van der Waals surface area contributed by atoms with E-state index < -0.39 is 0 Å². The van der Waals surface area contributed by atoms with E-state index in [1.165, 1.54) is 65.3 Å². The lowest BCUT2D eigenvalue weighted by Gasteiger charge is -2.19. The van der Waals surface area contributed by atoms with Gasteiger partial charge in [0.25, 0.3) is 0 Å². The van der Waals surface area contributed by atoms with Gasteiger partial charge in [-0.3, -0.25) is 0 Å². The SMILES string of the molecule is Brc1ccc2c(-c3cccc4ccccc34)c3ccccc3c(-c3ccc4ccccc4c3)c2c1. The number of hydrogen-bond acceptors (Lipinski definition) is 0. The van der Waals surface area contributed by atoms with Gasteiger partial charge in [-0.1, -0.05) is 125 Å². The molecule has 0 amide bonds. The lowest BCUT2D eigenvalue weighted by Crippen LogP contribution is -1.92. The summed E-state index contributed by atoms with van der Waals surface area (Å²) in [6, 6.07) is 46.3. The van der Waals surface area contributed by atoms with Gasteiger partial charge in [0, 0.05) is 4.47 Å². The second-order valence-electron chi connectivity index (χ2n) is 9.07. The van der Waals surface area contributed by atoms with Crippen molar-refractivity contribution in [3.8, 4) is 22.3 Å². The van der Waals surface area contributed by atoms with Gasteiger partial charge in [-0.2, -0.15) is 0 Å². The van der Waals surface area contributed by atoms with Crippen LogP contribution < -0.4 is 0 Å². The molecule has 0 aliphatic carbocycles. The molecule has 0 atom stereocenters. The smallest absolute Gasteiger partial charge is 0.0181 e. The van der Waals surface area contributed by atoms with Gasteiger partial charge in [-0.05, 0) is 83.5 Å². The van der Waals surface area contributed by atoms with E-state index in [1.807, 2.05) is 0 Å². The fourth-order valence-corrected chi connectivity index (χ4v) is 5.90. The first-order valence-corrected chi connectivity index (χ1v) is 12.7. The molecular formula is C34H21Br. The predicted molar refractivity (Wildman–Crippen MR) is 155 cm³/mol. The summed E-state index contributed by atoms with van der Waals surface area (Å²) < 4.78 is 1.09. The minimum atomic E-state index is 1.09. The topological polar surface area (TPSA) is 0 Å². The first-order chi connectivity index (χ1) is 17.3. The molecule has 0 N–H and O–H groups in total. The van der Waals surface area contributed by atoms with Gasteiger partial charge in [-0.25, -0.2) is 0 Å². The number of halogens is 1. The lowest BCUT2D eigenvalue weighted by atomic mass is 9.84. The summed E-state index contributed by atoms with van der Waals surface area (Å²) in [5.41, 5.74) is 5.10. The Labute approximate surface area is 212 Å². The molecule has 7 aromatic carbocycles. The molecule has 0 heterocycles. The molecule has 35 heavy (non-hydrogen) atoms. The average molecular weight is 509 g/mol. The molecule has 1 heteroatoms. The minimum absolute atomic E-state index is 1.09. The van der Waals surface area contributed by atoms with Gasteiger partial charge in [0.15, 0.2) is 0 Å². The highest BCUT2D eigenvalue weighted by Gasteiger charge is 2.18. The highest BCUT2D eigenvalue weighted by molar-refractivity contribution is 9.10. The summed E-state index contributed by atoms with van der Waals surface area (Å²) in [6.07, 6.45) is 0. The summed E-state index contributed by atoms with van der Waals surface area (Å²) >= 11 is 3.76. The standard InChI is InChI=1S/C34H21Br/c35-26-18-19-31-32(21-26)33(25-17-16-22-8-1-2-10-24(22)20-25)29-13-5-6-14-30(29)34(31)28-15-7-11-23-9-3-4-12-27(23)28/h1-21H. The van der Waals surface area contributed by atoms with Crippen LogP contribution in [0.4, 0.5) is 0 Å². The quantitative estimate of drug-likeness (QED) is 0.203. The van der Waals surface area contributed by atoms with E-state index in [2.05, 4.69) is 143 Å². The Bertz CT molecular complexity index is 1910. The molecule has 0 saturated carbocycles. The van der Waals surface area contributed by atoms with E-state index in [1.54, 1.807) is 0 Å². The van der Waals surface area contributed by atoms with Crippen LogP contribution in [-0.2, 0) is 0 Å². The second-order valence-corrected chi connectivity index (χ2v) is 9.99. The van der Waals surface area contributed by atoms with Crippen molar-refractivity contribution >= 4 is 59.0 Å². The molecule has 164 valence electrons. The van der Waals surface area contributed by atoms with Gasteiger partial charge in [0.1, 0.15) is 0 Å². The molecule has 0 unspecified atom stereocenters. The number of fused-ring (bicyclic) bond motifs is 4. The van der Waals surface area contributed by atoms with Crippen molar-refractivity contribution < 1.29 is 0 Å². The van der Waals surface area contributed by atoms with E-state index in [0.29, 0.717) is 0 Å². The van der Waals surface area contributed by atoms with Crippen LogP contribution in [0.25, 0.3) is 65.3 Å². The zero-order valence-electron chi connectivity index (χ0n) is 19.0. The molecule has 0 radical (unpaired) electrons. The third kappa shape index (κ3) is 3.27. The summed E-state index contributed by atoms with van der Waals surface area (Å²) in [6.45, 7) is 0. The molecule has 0 bridgehead atoms. The highest BCUT2D eigenvalue weighted by Crippen LogP contribution is 2.46. The van der Waals surface area contributed by atoms with Crippen molar-refractivity contribution in [1.82, 2.24) is 0 Å². The lowest BCUT2D eigenvalue weighted by molar-refractivity contribution is 1.67. The Balaban J connectivity index is 1.67. The van der Waals surface area contributed by atoms with E-state index in [9.17, 15) is 0 Å². The normalized spacial score (nSPS) is 11.6. The van der Waals surface area contributed by atoms with Gasteiger partial charge >= 0.3 is 0 Å². The van der Waals surface area contributed by atoms with E-state index in [4.69, 9.17) is 0 Å². The number of hydrogen-bond donors (Lipinski definition) is 0. The molecule has 0 aromatic heterocycles. The average Bonchev–Trinajstić information content (AvgIpc) is 2.91. The van der Waals surface area contributed by atoms with Crippen molar-refractivity contribution in [2.24, 2.45) is 0 Å². The fourth-order valence-electron chi connectivity index (χ4n) is 5.54. The summed E-state index contributed by atoms with van der Waals surface area (Å²) in [4.78, 5) is 0. The van der Waals surface area contributed by atoms with Crippen molar-refractivity contribution in [2.45, 2.75) is 0 Å². The third-order valence-corrected chi connectivity index (χ3v) is 7.58. The van der Waals surface area contributed by atoms with Gasteiger partial charge < -0.3 is 0 Å². The maximum Gasteiger partial charge on any atom is 0.0181 e. The van der Waals surface area contributed by atoms with E-state index in [0.717, 1.165) is 4.47 Å². The van der Waals surface area contributed by atoms with Crippen molar-refractivity contribution in [2.75, 3.05) is 0 Å². The van der Waals surface area contributed by atoms with Crippen LogP contribution in [-0.4, -0.2) is 0 Å². The predicted octanol–water partition coefficient (Wildman–Crippen LogP) is 10.4. The Morgan fingerprint density at radius 1 is 0.371 bits per heavy atom. The summed E-state index contributed by atoms with van der Waals surface area (Å²) in [5.74, 6) is 0. The van der Waals surface area contributed by atoms with Crippen LogP contribution in [0.2, 0.25) is 0 Å². The molecule has 0 saturated heterocycles. The molecule has 0 spiro atoms. The van der Waals surface area contributed by atoms with Crippen LogP contribution in [0.15, 0.2) is 132 Å². The number of rotatable bonds is 2. The van der Waals surface area contributed by atoms with Crippen molar-refractivity contribution in [1.29, 1.82) is 0 Å². The van der Waals surface area contributed by atoms with E-state index >= 15 is 0 Å². The Morgan fingerprint density at radius 2 is 1.00 bits per heavy atom. The monoisotopic (exact) mass is 508 g/mol. The van der Waals surface area contributed by atoms with Gasteiger partial charge in [0.2, 0.25) is 0 Å². The Kier molecular flexibility index (Phi) is 4.72. The first-order valence-electron chi connectivity index (χ1n) is 11.9.